The second-order valence-electron chi connectivity index (χ2n) is 13.0. The van der Waals surface area contributed by atoms with Crippen LogP contribution in [-0.2, 0) is 26.1 Å². The zero-order valence-electron chi connectivity index (χ0n) is 25.4. The van der Waals surface area contributed by atoms with Crippen LogP contribution in [0.1, 0.15) is 59.4 Å². The molecule has 1 saturated carbocycles. The molecule has 1 aromatic carbocycles. The summed E-state index contributed by atoms with van der Waals surface area (Å²) in [6.45, 7) is 12.5. The molecule has 0 radical (unpaired) electrons. The largest absolute Gasteiger partial charge is 0.444 e. The molecule has 0 spiro atoms. The highest BCUT2D eigenvalue weighted by atomic mass is 16.6. The van der Waals surface area contributed by atoms with Crippen LogP contribution in [0.25, 0.3) is 11.0 Å². The molecule has 0 bridgehead atoms. The number of ether oxygens (including phenoxy) is 2. The third kappa shape index (κ3) is 6.64. The number of alkyl carbamates (subject to hydrolysis) is 1. The first kappa shape index (κ1) is 30.1. The Hall–Kier alpha value is -3.38. The quantitative estimate of drug-likeness (QED) is 0.452. The molecule has 3 fully saturated rings. The highest BCUT2D eigenvalue weighted by molar-refractivity contribution is 6.00. The summed E-state index contributed by atoms with van der Waals surface area (Å²) >= 11 is 0. The van der Waals surface area contributed by atoms with E-state index in [1.807, 2.05) is 45.9 Å². The second kappa shape index (κ2) is 12.1. The number of piperazine rings is 1. The Morgan fingerprint density at radius 2 is 1.83 bits per heavy atom. The van der Waals surface area contributed by atoms with Crippen LogP contribution in [0.3, 0.4) is 0 Å². The lowest BCUT2D eigenvalue weighted by Gasteiger charge is -2.42. The van der Waals surface area contributed by atoms with Crippen LogP contribution in [0.4, 0.5) is 10.5 Å². The maximum absolute atomic E-state index is 13.3. The van der Waals surface area contributed by atoms with Crippen LogP contribution in [0.2, 0.25) is 0 Å². The zero-order valence-corrected chi connectivity index (χ0v) is 25.4. The van der Waals surface area contributed by atoms with Crippen molar-refractivity contribution < 1.29 is 23.9 Å². The normalized spacial score (nSPS) is 24.3. The van der Waals surface area contributed by atoms with Crippen molar-refractivity contribution in [3.63, 3.8) is 0 Å². The molecule has 2 N–H and O–H groups in total. The Morgan fingerprint density at radius 3 is 2.50 bits per heavy atom. The van der Waals surface area contributed by atoms with E-state index in [2.05, 4.69) is 20.4 Å². The van der Waals surface area contributed by atoms with E-state index in [-0.39, 0.29) is 30.2 Å². The van der Waals surface area contributed by atoms with Gasteiger partial charge in [-0.2, -0.15) is 0 Å². The van der Waals surface area contributed by atoms with Gasteiger partial charge in [-0.3, -0.25) is 28.9 Å². The molecule has 230 valence electrons. The summed E-state index contributed by atoms with van der Waals surface area (Å²) in [5, 5.41) is 5.20. The van der Waals surface area contributed by atoms with E-state index in [4.69, 9.17) is 9.47 Å². The number of benzene rings is 1. The molecule has 12 nitrogen and oxygen atoms in total. The van der Waals surface area contributed by atoms with Crippen molar-refractivity contribution in [2.24, 2.45) is 13.0 Å². The molecule has 2 atom stereocenters. The van der Waals surface area contributed by atoms with Gasteiger partial charge in [-0.25, -0.2) is 9.59 Å². The number of carbonyl (C=O) groups is 3. The van der Waals surface area contributed by atoms with Gasteiger partial charge in [-0.15, -0.1) is 0 Å². The van der Waals surface area contributed by atoms with Gasteiger partial charge in [0.15, 0.2) is 0 Å². The summed E-state index contributed by atoms with van der Waals surface area (Å²) in [4.78, 5) is 54.2. The number of carbonyl (C=O) groups excluding carboxylic acids is 3. The van der Waals surface area contributed by atoms with Crippen molar-refractivity contribution in [2.45, 2.75) is 77.2 Å². The number of aromatic nitrogens is 2. The predicted molar refractivity (Wildman–Crippen MR) is 159 cm³/mol. The van der Waals surface area contributed by atoms with Crippen molar-refractivity contribution in [1.29, 1.82) is 0 Å². The van der Waals surface area contributed by atoms with Crippen LogP contribution in [0.15, 0.2) is 23.0 Å². The van der Waals surface area contributed by atoms with Crippen molar-refractivity contribution in [3.05, 3.63) is 28.7 Å². The number of hydrogen-bond acceptors (Lipinski definition) is 8. The van der Waals surface area contributed by atoms with Crippen molar-refractivity contribution in [1.82, 2.24) is 24.7 Å². The molecule has 1 aliphatic carbocycles. The minimum Gasteiger partial charge on any atom is -0.444 e. The third-order valence-electron chi connectivity index (χ3n) is 8.37. The topological polar surface area (TPSA) is 127 Å². The van der Waals surface area contributed by atoms with Gasteiger partial charge in [0.2, 0.25) is 11.8 Å². The second-order valence-corrected chi connectivity index (χ2v) is 13.0. The molecule has 3 heterocycles. The number of nitrogens with one attached hydrogen (secondary N) is 2. The first-order valence-corrected chi connectivity index (χ1v) is 15.0. The SMILES string of the molecule is C[C@H](COC1CC(CN2CCN(c3cccc4c3n(C)c(=O)n4C3CCC(=O)NC3=O)CC2)C1)NC(=O)OC(C)(C)C. The zero-order chi connectivity index (χ0) is 30.2. The number of rotatable bonds is 8. The van der Waals surface area contributed by atoms with E-state index in [1.165, 1.54) is 0 Å². The van der Waals surface area contributed by atoms with Gasteiger partial charge in [-0.05, 0) is 65.0 Å². The molecular weight excluding hydrogens is 540 g/mol. The van der Waals surface area contributed by atoms with E-state index < -0.39 is 23.6 Å². The Balaban J connectivity index is 1.11. The predicted octanol–water partition coefficient (Wildman–Crippen LogP) is 2.15. The number of anilines is 1. The lowest BCUT2D eigenvalue weighted by Crippen LogP contribution is -2.50. The highest BCUT2D eigenvalue weighted by Gasteiger charge is 2.34. The van der Waals surface area contributed by atoms with Gasteiger partial charge >= 0.3 is 11.8 Å². The van der Waals surface area contributed by atoms with Gasteiger partial charge in [-0.1, -0.05) is 6.07 Å². The van der Waals surface area contributed by atoms with Crippen LogP contribution < -0.4 is 21.2 Å². The van der Waals surface area contributed by atoms with Crippen LogP contribution in [0.5, 0.6) is 0 Å². The fourth-order valence-corrected chi connectivity index (χ4v) is 6.23. The number of hydrogen-bond donors (Lipinski definition) is 2. The Kier molecular flexibility index (Phi) is 8.66. The monoisotopic (exact) mass is 584 g/mol. The van der Waals surface area contributed by atoms with E-state index in [0.717, 1.165) is 56.8 Å². The van der Waals surface area contributed by atoms with Gasteiger partial charge in [0, 0.05) is 46.2 Å². The maximum atomic E-state index is 13.3. The minimum absolute atomic E-state index is 0.114. The van der Waals surface area contributed by atoms with Crippen LogP contribution in [0, 0.1) is 5.92 Å². The smallest absolute Gasteiger partial charge is 0.407 e. The average Bonchev–Trinajstić information content (AvgIpc) is 3.14. The number of amides is 3. The maximum Gasteiger partial charge on any atom is 0.407 e. The lowest BCUT2D eigenvalue weighted by atomic mass is 9.81. The molecule has 3 aliphatic rings. The minimum atomic E-state index is -0.689. The first-order valence-electron chi connectivity index (χ1n) is 15.0. The number of imidazole rings is 1. The fraction of sp³-hybridized carbons (Fsp3) is 0.667. The fourth-order valence-electron chi connectivity index (χ4n) is 6.23. The molecule has 5 rings (SSSR count). The third-order valence-corrected chi connectivity index (χ3v) is 8.37. The Morgan fingerprint density at radius 1 is 1.12 bits per heavy atom. The van der Waals surface area contributed by atoms with Gasteiger partial charge in [0.1, 0.15) is 11.6 Å². The summed E-state index contributed by atoms with van der Waals surface area (Å²) in [5.41, 5.74) is 1.75. The molecule has 2 aromatic rings. The van der Waals surface area contributed by atoms with Gasteiger partial charge in [0.05, 0.1) is 35.5 Å². The number of imide groups is 1. The number of fused-ring (bicyclic) bond motifs is 1. The summed E-state index contributed by atoms with van der Waals surface area (Å²) < 4.78 is 14.5. The highest BCUT2D eigenvalue weighted by Crippen LogP contribution is 2.33. The molecule has 2 aliphatic heterocycles. The average molecular weight is 585 g/mol. The molecule has 3 amide bonds. The van der Waals surface area contributed by atoms with Crippen LogP contribution in [-0.4, -0.2) is 89.0 Å². The summed E-state index contributed by atoms with van der Waals surface area (Å²) in [7, 11) is 1.75. The molecule has 2 saturated heterocycles. The van der Waals surface area contributed by atoms with Crippen molar-refractivity contribution in [2.75, 3.05) is 44.2 Å². The number of aryl methyl sites for hydroxylation is 1. The molecular formula is C30H44N6O6. The Labute approximate surface area is 246 Å². The van der Waals surface area contributed by atoms with E-state index in [0.29, 0.717) is 24.5 Å². The Bertz CT molecular complexity index is 1380. The van der Waals surface area contributed by atoms with Crippen molar-refractivity contribution >= 4 is 34.6 Å². The molecule has 1 unspecified atom stereocenters. The lowest BCUT2D eigenvalue weighted by molar-refractivity contribution is -0.135. The summed E-state index contributed by atoms with van der Waals surface area (Å²) in [6, 6.07) is 5.05. The number of piperidine rings is 1. The molecule has 42 heavy (non-hydrogen) atoms. The van der Waals surface area contributed by atoms with Gasteiger partial charge < -0.3 is 19.7 Å². The van der Waals surface area contributed by atoms with E-state index >= 15 is 0 Å². The number of para-hydroxylation sites is 1. The first-order chi connectivity index (χ1) is 19.9. The molecule has 12 heteroatoms. The van der Waals surface area contributed by atoms with E-state index in [1.54, 1.807) is 16.2 Å². The standard InChI is InChI=1S/C30H44N6O6/c1-19(31-28(39)42-30(2,3)4)18-41-21-15-20(16-21)17-34-11-13-35(14-12-34)22-7-6-8-23-26(22)33(5)29(40)36(23)24-9-10-25(37)32-27(24)38/h6-8,19-21,24H,9-18H2,1-5H3,(H,31,39)(H,32,37,38)/t19-,20?,21?,24?/m1/s1. The number of nitrogens with zero attached hydrogens (tertiary/aromatic N) is 4. The summed E-state index contributed by atoms with van der Waals surface area (Å²) in [5.74, 6) is -0.117. The summed E-state index contributed by atoms with van der Waals surface area (Å²) in [6.07, 6.45) is 2.39. The van der Waals surface area contributed by atoms with Gasteiger partial charge in [0.25, 0.3) is 0 Å². The van der Waals surface area contributed by atoms with Crippen LogP contribution >= 0.6 is 0 Å². The van der Waals surface area contributed by atoms with Crippen molar-refractivity contribution in [3.8, 4) is 0 Å². The van der Waals surface area contributed by atoms with E-state index in [9.17, 15) is 19.2 Å². The molecule has 1 aromatic heterocycles.